The lowest BCUT2D eigenvalue weighted by Crippen LogP contribution is -2.38. The van der Waals surface area contributed by atoms with Gasteiger partial charge in [-0.15, -0.1) is 0 Å². The van der Waals surface area contributed by atoms with E-state index in [1.165, 1.54) is 4.31 Å². The standard InChI is InChI=1S/C13H20N2O3S/c1-3-7-13(16)14-10-11-15(19(2,17)18)12-8-5-4-6-9-12/h4-6,8-9H,3,7,10-11H2,1-2H3,(H,14,16). The van der Waals surface area contributed by atoms with Crippen LogP contribution in [0.15, 0.2) is 30.3 Å². The molecule has 1 N–H and O–H groups in total. The van der Waals surface area contributed by atoms with Crippen molar-refractivity contribution in [2.75, 3.05) is 23.7 Å². The highest BCUT2D eigenvalue weighted by molar-refractivity contribution is 7.92. The van der Waals surface area contributed by atoms with Crippen LogP contribution in [0.3, 0.4) is 0 Å². The number of benzene rings is 1. The van der Waals surface area contributed by atoms with Crippen molar-refractivity contribution >= 4 is 21.6 Å². The number of amides is 1. The third-order valence-electron chi connectivity index (χ3n) is 2.56. The zero-order valence-electron chi connectivity index (χ0n) is 11.3. The average Bonchev–Trinajstić information content (AvgIpc) is 2.34. The number of nitrogens with one attached hydrogen (secondary N) is 1. The molecule has 0 saturated carbocycles. The van der Waals surface area contributed by atoms with Crippen LogP contribution in [0.25, 0.3) is 0 Å². The van der Waals surface area contributed by atoms with Gasteiger partial charge >= 0.3 is 0 Å². The van der Waals surface area contributed by atoms with Crippen LogP contribution < -0.4 is 9.62 Å². The van der Waals surface area contributed by atoms with Gasteiger partial charge in [-0.1, -0.05) is 25.1 Å². The van der Waals surface area contributed by atoms with Gasteiger partial charge in [-0.2, -0.15) is 0 Å². The van der Waals surface area contributed by atoms with Gasteiger partial charge in [-0.05, 0) is 18.6 Å². The third kappa shape index (κ3) is 5.30. The highest BCUT2D eigenvalue weighted by atomic mass is 32.2. The Hall–Kier alpha value is -1.56. The summed E-state index contributed by atoms with van der Waals surface area (Å²) in [6.45, 7) is 2.46. The van der Waals surface area contributed by atoms with E-state index in [4.69, 9.17) is 0 Å². The molecule has 19 heavy (non-hydrogen) atoms. The summed E-state index contributed by atoms with van der Waals surface area (Å²) < 4.78 is 24.8. The fraction of sp³-hybridized carbons (Fsp3) is 0.462. The quantitative estimate of drug-likeness (QED) is 0.822. The van der Waals surface area contributed by atoms with Crippen molar-refractivity contribution in [3.05, 3.63) is 30.3 Å². The highest BCUT2D eigenvalue weighted by Gasteiger charge is 2.16. The molecule has 0 unspecified atom stereocenters. The van der Waals surface area contributed by atoms with Crippen LogP contribution in [0.1, 0.15) is 19.8 Å². The molecule has 106 valence electrons. The lowest BCUT2D eigenvalue weighted by atomic mass is 10.3. The lowest BCUT2D eigenvalue weighted by Gasteiger charge is -2.22. The molecule has 0 atom stereocenters. The number of sulfonamides is 1. The van der Waals surface area contributed by atoms with Crippen molar-refractivity contribution in [3.63, 3.8) is 0 Å². The van der Waals surface area contributed by atoms with Gasteiger partial charge in [-0.3, -0.25) is 9.10 Å². The first-order valence-corrected chi connectivity index (χ1v) is 8.09. The molecule has 0 heterocycles. The summed E-state index contributed by atoms with van der Waals surface area (Å²) in [4.78, 5) is 11.3. The van der Waals surface area contributed by atoms with Crippen LogP contribution >= 0.6 is 0 Å². The number of hydrogen-bond donors (Lipinski definition) is 1. The number of carbonyl (C=O) groups is 1. The molecule has 1 aromatic carbocycles. The number of rotatable bonds is 7. The molecule has 0 spiro atoms. The third-order valence-corrected chi connectivity index (χ3v) is 3.75. The molecular formula is C13H20N2O3S. The van der Waals surface area contributed by atoms with E-state index in [0.717, 1.165) is 12.7 Å². The number of hydrogen-bond acceptors (Lipinski definition) is 3. The van der Waals surface area contributed by atoms with E-state index >= 15 is 0 Å². The van der Waals surface area contributed by atoms with E-state index in [1.807, 2.05) is 13.0 Å². The van der Waals surface area contributed by atoms with E-state index in [0.29, 0.717) is 18.7 Å². The summed E-state index contributed by atoms with van der Waals surface area (Å²) in [6.07, 6.45) is 2.40. The summed E-state index contributed by atoms with van der Waals surface area (Å²) in [5.74, 6) is -0.0518. The number of para-hydroxylation sites is 1. The Morgan fingerprint density at radius 1 is 1.26 bits per heavy atom. The van der Waals surface area contributed by atoms with E-state index in [9.17, 15) is 13.2 Å². The van der Waals surface area contributed by atoms with Gasteiger partial charge in [0.1, 0.15) is 0 Å². The van der Waals surface area contributed by atoms with Crippen LogP contribution in [-0.2, 0) is 14.8 Å². The molecule has 1 amide bonds. The molecule has 6 heteroatoms. The van der Waals surface area contributed by atoms with Crippen LogP contribution in [0.2, 0.25) is 0 Å². The fourth-order valence-corrected chi connectivity index (χ4v) is 2.62. The van der Waals surface area contributed by atoms with Crippen molar-refractivity contribution in [1.82, 2.24) is 5.32 Å². The SMILES string of the molecule is CCCC(=O)NCCN(c1ccccc1)S(C)(=O)=O. The molecular weight excluding hydrogens is 264 g/mol. The molecule has 0 aliphatic carbocycles. The van der Waals surface area contributed by atoms with Crippen LogP contribution in [0, 0.1) is 0 Å². The summed E-state index contributed by atoms with van der Waals surface area (Å²) in [6, 6.07) is 8.85. The van der Waals surface area contributed by atoms with E-state index < -0.39 is 10.0 Å². The zero-order chi connectivity index (χ0) is 14.3. The second-order valence-corrected chi connectivity index (χ2v) is 6.18. The minimum Gasteiger partial charge on any atom is -0.354 e. The van der Waals surface area contributed by atoms with Crippen LogP contribution in [0.5, 0.6) is 0 Å². The van der Waals surface area contributed by atoms with E-state index in [-0.39, 0.29) is 12.5 Å². The molecule has 0 fully saturated rings. The minimum absolute atomic E-state index is 0.0518. The van der Waals surface area contributed by atoms with Gasteiger partial charge in [0.2, 0.25) is 15.9 Å². The lowest BCUT2D eigenvalue weighted by molar-refractivity contribution is -0.121. The molecule has 1 rings (SSSR count). The summed E-state index contributed by atoms with van der Waals surface area (Å²) >= 11 is 0. The minimum atomic E-state index is -3.35. The number of anilines is 1. The predicted molar refractivity (Wildman–Crippen MR) is 76.5 cm³/mol. The average molecular weight is 284 g/mol. The Morgan fingerprint density at radius 2 is 1.89 bits per heavy atom. The Balaban J connectivity index is 2.66. The molecule has 0 aromatic heterocycles. The van der Waals surface area contributed by atoms with Crippen molar-refractivity contribution < 1.29 is 13.2 Å². The first kappa shape index (κ1) is 15.5. The molecule has 0 radical (unpaired) electrons. The molecule has 5 nitrogen and oxygen atoms in total. The van der Waals surface area contributed by atoms with Gasteiger partial charge in [-0.25, -0.2) is 8.42 Å². The zero-order valence-corrected chi connectivity index (χ0v) is 12.1. The Labute approximate surface area is 114 Å². The van der Waals surface area contributed by atoms with Crippen LogP contribution in [-0.4, -0.2) is 33.7 Å². The second-order valence-electron chi connectivity index (χ2n) is 4.27. The molecule has 0 bridgehead atoms. The largest absolute Gasteiger partial charge is 0.354 e. The molecule has 0 saturated heterocycles. The van der Waals surface area contributed by atoms with Crippen molar-refractivity contribution in [1.29, 1.82) is 0 Å². The Bertz CT molecular complexity index is 500. The van der Waals surface area contributed by atoms with Gasteiger partial charge in [0.05, 0.1) is 18.5 Å². The fourth-order valence-electron chi connectivity index (χ4n) is 1.69. The van der Waals surface area contributed by atoms with E-state index in [2.05, 4.69) is 5.32 Å². The van der Waals surface area contributed by atoms with Gasteiger partial charge < -0.3 is 5.32 Å². The maximum Gasteiger partial charge on any atom is 0.232 e. The molecule has 1 aromatic rings. The number of nitrogens with zero attached hydrogens (tertiary/aromatic N) is 1. The summed E-state index contributed by atoms with van der Waals surface area (Å²) in [5.41, 5.74) is 0.606. The normalized spacial score (nSPS) is 11.1. The maximum absolute atomic E-state index is 11.7. The first-order chi connectivity index (χ1) is 8.95. The smallest absolute Gasteiger partial charge is 0.232 e. The Morgan fingerprint density at radius 3 is 2.42 bits per heavy atom. The topological polar surface area (TPSA) is 66.5 Å². The number of carbonyl (C=O) groups excluding carboxylic acids is 1. The van der Waals surface area contributed by atoms with Crippen LogP contribution in [0.4, 0.5) is 5.69 Å². The maximum atomic E-state index is 11.7. The van der Waals surface area contributed by atoms with Crippen molar-refractivity contribution in [2.24, 2.45) is 0 Å². The van der Waals surface area contributed by atoms with E-state index in [1.54, 1.807) is 24.3 Å². The summed E-state index contributed by atoms with van der Waals surface area (Å²) in [7, 11) is -3.35. The molecule has 0 aliphatic heterocycles. The Kier molecular flexibility index (Phi) is 5.82. The highest BCUT2D eigenvalue weighted by Crippen LogP contribution is 2.15. The van der Waals surface area contributed by atoms with Gasteiger partial charge in [0, 0.05) is 13.0 Å². The molecule has 0 aliphatic rings. The first-order valence-electron chi connectivity index (χ1n) is 6.24. The summed E-state index contributed by atoms with van der Waals surface area (Å²) in [5, 5.41) is 2.71. The van der Waals surface area contributed by atoms with Crippen molar-refractivity contribution in [2.45, 2.75) is 19.8 Å². The van der Waals surface area contributed by atoms with Gasteiger partial charge in [0.15, 0.2) is 0 Å². The second kappa shape index (κ2) is 7.13. The predicted octanol–water partition coefficient (Wildman–Crippen LogP) is 1.37. The van der Waals surface area contributed by atoms with Crippen molar-refractivity contribution in [3.8, 4) is 0 Å². The van der Waals surface area contributed by atoms with Gasteiger partial charge in [0.25, 0.3) is 0 Å². The monoisotopic (exact) mass is 284 g/mol.